The number of ether oxygens (including phenoxy) is 4. The highest BCUT2D eigenvalue weighted by Gasteiger charge is 2.48. The Hall–Kier alpha value is -4.66. The van der Waals surface area contributed by atoms with Crippen LogP contribution in [0, 0.1) is 6.92 Å². The van der Waals surface area contributed by atoms with Crippen LogP contribution in [-0.4, -0.2) is 50.3 Å². The number of aliphatic hydroxyl groups excluding tert-OH is 1. The van der Waals surface area contributed by atoms with Gasteiger partial charge in [-0.3, -0.25) is 14.5 Å². The molecule has 0 radical (unpaired) electrons. The summed E-state index contributed by atoms with van der Waals surface area (Å²) in [4.78, 5) is 28.0. The fourth-order valence-corrected chi connectivity index (χ4v) is 4.50. The molecule has 1 heterocycles. The van der Waals surface area contributed by atoms with Gasteiger partial charge < -0.3 is 29.2 Å². The molecule has 1 amide bonds. The number of methoxy groups -OCH3 is 4. The van der Waals surface area contributed by atoms with Crippen LogP contribution in [0.1, 0.15) is 22.7 Å². The van der Waals surface area contributed by atoms with Gasteiger partial charge in [-0.2, -0.15) is 0 Å². The second kappa shape index (κ2) is 10.1. The van der Waals surface area contributed by atoms with Gasteiger partial charge >= 0.3 is 0 Å². The zero-order valence-corrected chi connectivity index (χ0v) is 21.1. The van der Waals surface area contributed by atoms with Crippen LogP contribution in [0.5, 0.6) is 28.7 Å². The number of amides is 1. The van der Waals surface area contributed by atoms with Crippen LogP contribution in [0.3, 0.4) is 0 Å². The van der Waals surface area contributed by atoms with E-state index in [1.807, 2.05) is 0 Å². The number of Topliss-reactive ketones (excluding diaryl/α,β-unsaturated/α-hetero) is 1. The summed E-state index contributed by atoms with van der Waals surface area (Å²) in [6.07, 6.45) is 0. The van der Waals surface area contributed by atoms with Gasteiger partial charge in [0, 0.05) is 5.56 Å². The summed E-state index contributed by atoms with van der Waals surface area (Å²) in [6.45, 7) is 1.80. The molecule has 9 heteroatoms. The van der Waals surface area contributed by atoms with Crippen molar-refractivity contribution in [1.82, 2.24) is 0 Å². The Kier molecular flexibility index (Phi) is 6.97. The Balaban J connectivity index is 2.03. The Morgan fingerprint density at radius 2 is 1.46 bits per heavy atom. The molecular formula is C28H27NO8. The summed E-state index contributed by atoms with van der Waals surface area (Å²) < 4.78 is 21.7. The second-order valence-corrected chi connectivity index (χ2v) is 8.30. The summed E-state index contributed by atoms with van der Waals surface area (Å²) in [5.74, 6) is -0.894. The van der Waals surface area contributed by atoms with Gasteiger partial charge in [0.1, 0.15) is 17.3 Å². The van der Waals surface area contributed by atoms with Crippen molar-refractivity contribution in [2.24, 2.45) is 0 Å². The SMILES string of the molecule is COc1ccc(/C(O)=C2\C(=O)C(=O)N(c3ccccc3O)C2c2cc(OC)c(OC)c(OC)c2)cc1C. The number of phenols is 1. The molecule has 4 rings (SSSR count). The van der Waals surface area contributed by atoms with Crippen molar-refractivity contribution in [1.29, 1.82) is 0 Å². The first-order valence-corrected chi connectivity index (χ1v) is 11.3. The fourth-order valence-electron chi connectivity index (χ4n) is 4.50. The Bertz CT molecular complexity index is 1390. The van der Waals surface area contributed by atoms with Crippen LogP contribution >= 0.6 is 0 Å². The number of ketones is 1. The van der Waals surface area contributed by atoms with Crippen LogP contribution in [0.2, 0.25) is 0 Å². The quantitative estimate of drug-likeness (QED) is 0.277. The summed E-state index contributed by atoms with van der Waals surface area (Å²) in [5, 5.41) is 22.0. The number of aromatic hydroxyl groups is 1. The van der Waals surface area contributed by atoms with Crippen molar-refractivity contribution in [2.45, 2.75) is 13.0 Å². The molecule has 1 atom stereocenters. The number of phenolic OH excluding ortho intramolecular Hbond substituents is 1. The summed E-state index contributed by atoms with van der Waals surface area (Å²) >= 11 is 0. The van der Waals surface area contributed by atoms with Gasteiger partial charge in [0.15, 0.2) is 11.5 Å². The summed E-state index contributed by atoms with van der Waals surface area (Å²) in [5.41, 5.74) is 1.39. The zero-order chi connectivity index (χ0) is 26.9. The van der Waals surface area contributed by atoms with Gasteiger partial charge in [0.05, 0.1) is 45.7 Å². The first kappa shape index (κ1) is 25.4. The van der Waals surface area contributed by atoms with E-state index in [-0.39, 0.29) is 22.8 Å². The molecular weight excluding hydrogens is 478 g/mol. The van der Waals surface area contributed by atoms with E-state index in [0.717, 1.165) is 10.5 Å². The third-order valence-electron chi connectivity index (χ3n) is 6.26. The van der Waals surface area contributed by atoms with Crippen LogP contribution in [0.25, 0.3) is 5.76 Å². The third kappa shape index (κ3) is 4.29. The maximum Gasteiger partial charge on any atom is 0.300 e. The number of aliphatic hydroxyl groups is 1. The number of nitrogens with zero attached hydrogens (tertiary/aromatic N) is 1. The first-order chi connectivity index (χ1) is 17.8. The highest BCUT2D eigenvalue weighted by Crippen LogP contribution is 2.48. The van der Waals surface area contributed by atoms with Gasteiger partial charge in [-0.05, 0) is 60.5 Å². The lowest BCUT2D eigenvalue weighted by atomic mass is 9.94. The molecule has 0 spiro atoms. The smallest absolute Gasteiger partial charge is 0.300 e. The molecule has 3 aromatic rings. The van der Waals surface area contributed by atoms with E-state index in [4.69, 9.17) is 18.9 Å². The standard InChI is InChI=1S/C28H27NO8/c1-15-12-16(10-11-20(15)34-2)25(31)23-24(17-13-21(35-3)27(37-5)22(14-17)36-4)29(28(33)26(23)32)18-8-6-7-9-19(18)30/h6-14,24,30-31H,1-5H3/b25-23+. The van der Waals surface area contributed by atoms with E-state index < -0.39 is 17.7 Å². The Morgan fingerprint density at radius 3 is 2.00 bits per heavy atom. The molecule has 1 fully saturated rings. The average molecular weight is 506 g/mol. The predicted octanol–water partition coefficient (Wildman–Crippen LogP) is 4.36. The van der Waals surface area contributed by atoms with Gasteiger partial charge in [-0.25, -0.2) is 0 Å². The number of carbonyl (C=O) groups excluding carboxylic acids is 2. The van der Waals surface area contributed by atoms with Gasteiger partial charge in [-0.1, -0.05) is 12.1 Å². The average Bonchev–Trinajstić information content (AvgIpc) is 3.17. The van der Waals surface area contributed by atoms with Crippen molar-refractivity contribution in [3.05, 3.63) is 76.9 Å². The van der Waals surface area contributed by atoms with Gasteiger partial charge in [-0.15, -0.1) is 0 Å². The molecule has 1 aliphatic heterocycles. The normalized spacial score (nSPS) is 16.6. The summed E-state index contributed by atoms with van der Waals surface area (Å²) in [7, 11) is 5.88. The number of aryl methyl sites for hydroxylation is 1. The molecule has 3 aromatic carbocycles. The van der Waals surface area contributed by atoms with E-state index in [1.54, 1.807) is 49.4 Å². The van der Waals surface area contributed by atoms with E-state index >= 15 is 0 Å². The molecule has 9 nitrogen and oxygen atoms in total. The van der Waals surface area contributed by atoms with E-state index in [0.29, 0.717) is 34.1 Å². The molecule has 0 aromatic heterocycles. The first-order valence-electron chi connectivity index (χ1n) is 11.3. The number of anilines is 1. The maximum atomic E-state index is 13.4. The topological polar surface area (TPSA) is 115 Å². The van der Waals surface area contributed by atoms with Gasteiger partial charge in [0.25, 0.3) is 11.7 Å². The minimum atomic E-state index is -1.12. The van der Waals surface area contributed by atoms with Crippen molar-refractivity contribution >= 4 is 23.1 Å². The maximum absolute atomic E-state index is 13.4. The van der Waals surface area contributed by atoms with Gasteiger partial charge in [0.2, 0.25) is 5.75 Å². The van der Waals surface area contributed by atoms with Crippen LogP contribution < -0.4 is 23.8 Å². The monoisotopic (exact) mass is 505 g/mol. The lowest BCUT2D eigenvalue weighted by Gasteiger charge is -2.27. The minimum Gasteiger partial charge on any atom is -0.507 e. The van der Waals surface area contributed by atoms with E-state index in [1.165, 1.54) is 40.6 Å². The number of benzene rings is 3. The molecule has 192 valence electrons. The zero-order valence-electron chi connectivity index (χ0n) is 21.1. The lowest BCUT2D eigenvalue weighted by Crippen LogP contribution is -2.29. The Labute approximate surface area is 214 Å². The van der Waals surface area contributed by atoms with Crippen molar-refractivity contribution in [3.63, 3.8) is 0 Å². The predicted molar refractivity (Wildman–Crippen MR) is 137 cm³/mol. The molecule has 0 bridgehead atoms. The largest absolute Gasteiger partial charge is 0.507 e. The van der Waals surface area contributed by atoms with Crippen LogP contribution in [0.4, 0.5) is 5.69 Å². The fraction of sp³-hybridized carbons (Fsp3) is 0.214. The van der Waals surface area contributed by atoms with Crippen LogP contribution in [-0.2, 0) is 9.59 Å². The van der Waals surface area contributed by atoms with E-state index in [9.17, 15) is 19.8 Å². The third-order valence-corrected chi connectivity index (χ3v) is 6.26. The second-order valence-electron chi connectivity index (χ2n) is 8.30. The summed E-state index contributed by atoms with van der Waals surface area (Å²) in [6, 6.07) is 13.2. The molecule has 37 heavy (non-hydrogen) atoms. The molecule has 1 saturated heterocycles. The number of hydrogen-bond donors (Lipinski definition) is 2. The highest BCUT2D eigenvalue weighted by molar-refractivity contribution is 6.52. The molecule has 2 N–H and O–H groups in total. The minimum absolute atomic E-state index is 0.105. The number of hydrogen-bond acceptors (Lipinski definition) is 8. The number of rotatable bonds is 7. The van der Waals surface area contributed by atoms with Crippen molar-refractivity contribution in [2.75, 3.05) is 33.3 Å². The molecule has 1 unspecified atom stereocenters. The lowest BCUT2D eigenvalue weighted by molar-refractivity contribution is -0.132. The molecule has 0 aliphatic carbocycles. The van der Waals surface area contributed by atoms with Crippen molar-refractivity contribution in [3.8, 4) is 28.7 Å². The number of carbonyl (C=O) groups is 2. The van der Waals surface area contributed by atoms with Crippen LogP contribution in [0.15, 0.2) is 60.2 Å². The molecule has 1 aliphatic rings. The van der Waals surface area contributed by atoms with Crippen molar-refractivity contribution < 1.29 is 38.7 Å². The van der Waals surface area contributed by atoms with E-state index in [2.05, 4.69) is 0 Å². The number of para-hydroxylation sites is 2. The molecule has 0 saturated carbocycles. The Morgan fingerprint density at radius 1 is 0.838 bits per heavy atom. The highest BCUT2D eigenvalue weighted by atomic mass is 16.5.